The number of ether oxygens (including phenoxy) is 1. The van der Waals surface area contributed by atoms with Gasteiger partial charge in [-0.3, -0.25) is 4.98 Å². The van der Waals surface area contributed by atoms with Gasteiger partial charge in [0.15, 0.2) is 0 Å². The molecule has 0 saturated heterocycles. The Kier molecular flexibility index (Phi) is 6.50. The van der Waals surface area contributed by atoms with Crippen LogP contribution in [0.4, 0.5) is 0 Å². The third-order valence-corrected chi connectivity index (χ3v) is 4.04. The molecule has 0 amide bonds. The Morgan fingerprint density at radius 2 is 1.95 bits per heavy atom. The monoisotopic (exact) mass is 290 g/mol. The third-order valence-electron chi connectivity index (χ3n) is 4.04. The summed E-state index contributed by atoms with van der Waals surface area (Å²) in [7, 11) is 0. The summed E-state index contributed by atoms with van der Waals surface area (Å²) < 4.78 is 6.32. The van der Waals surface area contributed by atoms with Crippen LogP contribution in [0.1, 0.15) is 63.6 Å². The van der Waals surface area contributed by atoms with Crippen LogP contribution in [-0.2, 0) is 6.54 Å². The lowest BCUT2D eigenvalue weighted by Crippen LogP contribution is -2.21. The first-order valence-electron chi connectivity index (χ1n) is 8.48. The van der Waals surface area contributed by atoms with Crippen molar-refractivity contribution in [3.05, 3.63) is 23.5 Å². The molecule has 3 nitrogen and oxygen atoms in total. The van der Waals surface area contributed by atoms with Gasteiger partial charge in [0.05, 0.1) is 6.10 Å². The second kappa shape index (κ2) is 8.38. The van der Waals surface area contributed by atoms with Crippen molar-refractivity contribution in [2.75, 3.05) is 6.54 Å². The Labute approximate surface area is 129 Å². The van der Waals surface area contributed by atoms with Crippen molar-refractivity contribution in [3.63, 3.8) is 0 Å². The SMILES string of the molecule is Cc1cc(OC2CCCCCC2)c(CNCC(C)C)cn1. The first-order chi connectivity index (χ1) is 10.1. The average molecular weight is 290 g/mol. The predicted molar refractivity (Wildman–Crippen MR) is 87.6 cm³/mol. The van der Waals surface area contributed by atoms with E-state index in [-0.39, 0.29) is 0 Å². The van der Waals surface area contributed by atoms with E-state index in [9.17, 15) is 0 Å². The Bertz CT molecular complexity index is 423. The van der Waals surface area contributed by atoms with Gasteiger partial charge < -0.3 is 10.1 Å². The highest BCUT2D eigenvalue weighted by molar-refractivity contribution is 5.33. The fraction of sp³-hybridized carbons (Fsp3) is 0.722. The summed E-state index contributed by atoms with van der Waals surface area (Å²) in [6, 6.07) is 2.09. The zero-order valence-corrected chi connectivity index (χ0v) is 13.8. The molecule has 1 aliphatic carbocycles. The van der Waals surface area contributed by atoms with E-state index in [4.69, 9.17) is 4.74 Å². The topological polar surface area (TPSA) is 34.1 Å². The van der Waals surface area contributed by atoms with E-state index in [1.54, 1.807) is 0 Å². The van der Waals surface area contributed by atoms with E-state index in [1.807, 2.05) is 13.1 Å². The smallest absolute Gasteiger partial charge is 0.127 e. The van der Waals surface area contributed by atoms with Crippen molar-refractivity contribution in [2.24, 2.45) is 5.92 Å². The van der Waals surface area contributed by atoms with Crippen LogP contribution >= 0.6 is 0 Å². The number of aromatic nitrogens is 1. The van der Waals surface area contributed by atoms with Gasteiger partial charge in [0.25, 0.3) is 0 Å². The highest BCUT2D eigenvalue weighted by Crippen LogP contribution is 2.25. The van der Waals surface area contributed by atoms with E-state index in [0.29, 0.717) is 12.0 Å². The van der Waals surface area contributed by atoms with Gasteiger partial charge in [-0.15, -0.1) is 0 Å². The van der Waals surface area contributed by atoms with Crippen LogP contribution in [0, 0.1) is 12.8 Å². The summed E-state index contributed by atoms with van der Waals surface area (Å²) in [6.07, 6.45) is 10.1. The van der Waals surface area contributed by atoms with Gasteiger partial charge in [-0.1, -0.05) is 26.7 Å². The minimum absolute atomic E-state index is 0.387. The molecule has 3 heteroatoms. The molecule has 1 N–H and O–H groups in total. The molecule has 1 aromatic heterocycles. The van der Waals surface area contributed by atoms with Crippen LogP contribution in [-0.4, -0.2) is 17.6 Å². The van der Waals surface area contributed by atoms with Crippen LogP contribution in [0.15, 0.2) is 12.3 Å². The van der Waals surface area contributed by atoms with Gasteiger partial charge in [-0.25, -0.2) is 0 Å². The van der Waals surface area contributed by atoms with Gasteiger partial charge in [0, 0.05) is 30.1 Å². The number of nitrogens with zero attached hydrogens (tertiary/aromatic N) is 1. The van der Waals surface area contributed by atoms with Crippen LogP contribution in [0.2, 0.25) is 0 Å². The Morgan fingerprint density at radius 1 is 1.24 bits per heavy atom. The minimum atomic E-state index is 0.387. The van der Waals surface area contributed by atoms with Crippen LogP contribution in [0.5, 0.6) is 5.75 Å². The fourth-order valence-electron chi connectivity index (χ4n) is 2.84. The standard InChI is InChI=1S/C18H30N2O/c1-14(2)11-19-12-16-13-20-15(3)10-18(16)21-17-8-6-4-5-7-9-17/h10,13-14,17,19H,4-9,11-12H2,1-3H3. The highest BCUT2D eigenvalue weighted by Gasteiger charge is 2.16. The first-order valence-corrected chi connectivity index (χ1v) is 8.48. The molecule has 0 aromatic carbocycles. The maximum absolute atomic E-state index is 6.32. The highest BCUT2D eigenvalue weighted by atomic mass is 16.5. The molecular weight excluding hydrogens is 260 g/mol. The molecule has 0 aliphatic heterocycles. The third kappa shape index (κ3) is 5.66. The minimum Gasteiger partial charge on any atom is -0.490 e. The Morgan fingerprint density at radius 3 is 2.62 bits per heavy atom. The number of hydrogen-bond acceptors (Lipinski definition) is 3. The summed E-state index contributed by atoms with van der Waals surface area (Å²) in [5.74, 6) is 1.69. The van der Waals surface area contributed by atoms with Gasteiger partial charge >= 0.3 is 0 Å². The first kappa shape index (κ1) is 16.3. The largest absolute Gasteiger partial charge is 0.490 e. The van der Waals surface area contributed by atoms with Crippen molar-refractivity contribution in [2.45, 2.75) is 71.9 Å². The molecule has 1 heterocycles. The fourth-order valence-corrected chi connectivity index (χ4v) is 2.84. The van der Waals surface area contributed by atoms with Gasteiger partial charge in [0.1, 0.15) is 5.75 Å². The molecule has 1 fully saturated rings. The van der Waals surface area contributed by atoms with E-state index < -0.39 is 0 Å². The van der Waals surface area contributed by atoms with E-state index >= 15 is 0 Å². The lowest BCUT2D eigenvalue weighted by Gasteiger charge is -2.20. The maximum atomic E-state index is 6.32. The summed E-state index contributed by atoms with van der Waals surface area (Å²) in [6.45, 7) is 8.35. The van der Waals surface area contributed by atoms with Gasteiger partial charge in [-0.05, 0) is 45.1 Å². The molecule has 1 aromatic rings. The molecule has 0 unspecified atom stereocenters. The van der Waals surface area contributed by atoms with E-state index in [1.165, 1.54) is 44.1 Å². The molecule has 1 aliphatic rings. The van der Waals surface area contributed by atoms with Crippen LogP contribution in [0.3, 0.4) is 0 Å². The number of nitrogens with one attached hydrogen (secondary N) is 1. The maximum Gasteiger partial charge on any atom is 0.127 e. The van der Waals surface area contributed by atoms with Gasteiger partial charge in [0.2, 0.25) is 0 Å². The second-order valence-electron chi connectivity index (χ2n) is 6.69. The number of pyridine rings is 1. The normalized spacial score (nSPS) is 17.0. The molecule has 0 radical (unpaired) electrons. The summed E-state index contributed by atoms with van der Waals surface area (Å²) in [5.41, 5.74) is 2.22. The molecule has 118 valence electrons. The molecule has 0 bridgehead atoms. The Balaban J connectivity index is 1.99. The molecule has 21 heavy (non-hydrogen) atoms. The number of aryl methyl sites for hydroxylation is 1. The molecule has 0 atom stereocenters. The van der Waals surface area contributed by atoms with Crippen molar-refractivity contribution >= 4 is 0 Å². The summed E-state index contributed by atoms with van der Waals surface area (Å²) >= 11 is 0. The van der Waals surface area contributed by atoms with Crippen molar-refractivity contribution in [1.29, 1.82) is 0 Å². The van der Waals surface area contributed by atoms with Crippen LogP contribution in [0.25, 0.3) is 0 Å². The lowest BCUT2D eigenvalue weighted by molar-refractivity contribution is 0.181. The molecular formula is C18H30N2O. The molecule has 1 saturated carbocycles. The number of rotatable bonds is 6. The zero-order valence-electron chi connectivity index (χ0n) is 13.8. The predicted octanol–water partition coefficient (Wildman–Crippen LogP) is 4.24. The summed E-state index contributed by atoms with van der Waals surface area (Å²) in [4.78, 5) is 4.43. The van der Waals surface area contributed by atoms with E-state index in [2.05, 4.69) is 30.2 Å². The molecule has 2 rings (SSSR count). The second-order valence-corrected chi connectivity index (χ2v) is 6.69. The van der Waals surface area contributed by atoms with Crippen molar-refractivity contribution in [1.82, 2.24) is 10.3 Å². The van der Waals surface area contributed by atoms with Gasteiger partial charge in [-0.2, -0.15) is 0 Å². The Hall–Kier alpha value is -1.09. The van der Waals surface area contributed by atoms with E-state index in [0.717, 1.165) is 24.5 Å². The molecule has 0 spiro atoms. The van der Waals surface area contributed by atoms with Crippen molar-refractivity contribution < 1.29 is 4.74 Å². The quantitative estimate of drug-likeness (QED) is 0.796. The number of hydrogen-bond donors (Lipinski definition) is 1. The summed E-state index contributed by atoms with van der Waals surface area (Å²) in [5, 5.41) is 3.49. The van der Waals surface area contributed by atoms with Crippen LogP contribution < -0.4 is 10.1 Å². The van der Waals surface area contributed by atoms with Crippen molar-refractivity contribution in [3.8, 4) is 5.75 Å². The zero-order chi connectivity index (χ0) is 15.1. The average Bonchev–Trinajstić information content (AvgIpc) is 2.69. The lowest BCUT2D eigenvalue weighted by atomic mass is 10.1.